The van der Waals surface area contributed by atoms with E-state index in [1.54, 1.807) is 0 Å². The summed E-state index contributed by atoms with van der Waals surface area (Å²) in [7, 11) is 2.13. The molecule has 1 saturated heterocycles. The summed E-state index contributed by atoms with van der Waals surface area (Å²) < 4.78 is 0. The highest BCUT2D eigenvalue weighted by molar-refractivity contribution is 4.72. The summed E-state index contributed by atoms with van der Waals surface area (Å²) in [6.45, 7) is 5.67. The Morgan fingerprint density at radius 1 is 1.14 bits per heavy atom. The van der Waals surface area contributed by atoms with Crippen LogP contribution in [0.5, 0.6) is 0 Å². The number of hydrogen-bond acceptors (Lipinski definition) is 4. The van der Waals surface area contributed by atoms with E-state index in [1.165, 1.54) is 0 Å². The van der Waals surface area contributed by atoms with Gasteiger partial charge >= 0.3 is 0 Å². The smallest absolute Gasteiger partial charge is 0.0472 e. The van der Waals surface area contributed by atoms with Crippen molar-refractivity contribution in [1.29, 1.82) is 0 Å². The number of aliphatic hydroxyl groups excluding tert-OH is 2. The first-order valence-corrected chi connectivity index (χ1v) is 5.39. The van der Waals surface area contributed by atoms with E-state index in [-0.39, 0.29) is 19.1 Å². The number of hydrogen-bond donors (Lipinski definition) is 2. The molecular formula is C10H22N2O2. The standard InChI is InChI=1S/C10H22N2O2/c1-11-3-5-12(6-4-11)8-10(9-14)2-7-13/h10,13-14H,2-9H2,1H3. The molecule has 1 heterocycles. The lowest BCUT2D eigenvalue weighted by Gasteiger charge is -2.34. The third kappa shape index (κ3) is 3.92. The van der Waals surface area contributed by atoms with Gasteiger partial charge in [0.1, 0.15) is 0 Å². The molecule has 14 heavy (non-hydrogen) atoms. The molecule has 0 aromatic carbocycles. The van der Waals surface area contributed by atoms with Crippen LogP contribution >= 0.6 is 0 Å². The number of rotatable bonds is 5. The third-order valence-corrected chi connectivity index (χ3v) is 2.91. The molecule has 0 aliphatic carbocycles. The fourth-order valence-electron chi connectivity index (χ4n) is 1.82. The van der Waals surface area contributed by atoms with Crippen molar-refractivity contribution in [2.45, 2.75) is 6.42 Å². The Hall–Kier alpha value is -0.160. The minimum Gasteiger partial charge on any atom is -0.396 e. The molecule has 0 spiro atoms. The van der Waals surface area contributed by atoms with Crippen molar-refractivity contribution in [2.24, 2.45) is 5.92 Å². The minimum absolute atomic E-state index is 0.180. The molecular weight excluding hydrogens is 180 g/mol. The van der Waals surface area contributed by atoms with Gasteiger partial charge in [-0.3, -0.25) is 0 Å². The number of likely N-dealkylation sites (N-methyl/N-ethyl adjacent to an activating group) is 1. The van der Waals surface area contributed by atoms with Gasteiger partial charge in [0.25, 0.3) is 0 Å². The second-order valence-corrected chi connectivity index (χ2v) is 4.16. The third-order valence-electron chi connectivity index (χ3n) is 2.91. The Morgan fingerprint density at radius 2 is 1.79 bits per heavy atom. The fraction of sp³-hybridized carbons (Fsp3) is 1.00. The average molecular weight is 202 g/mol. The maximum absolute atomic E-state index is 9.09. The predicted molar refractivity (Wildman–Crippen MR) is 56.2 cm³/mol. The first-order valence-electron chi connectivity index (χ1n) is 5.39. The summed E-state index contributed by atoms with van der Waals surface area (Å²) in [5.74, 6) is 0.239. The topological polar surface area (TPSA) is 46.9 Å². The van der Waals surface area contributed by atoms with Gasteiger partial charge in [-0.25, -0.2) is 0 Å². The summed E-state index contributed by atoms with van der Waals surface area (Å²) in [5.41, 5.74) is 0. The van der Waals surface area contributed by atoms with Crippen LogP contribution in [-0.2, 0) is 0 Å². The fourth-order valence-corrected chi connectivity index (χ4v) is 1.82. The highest BCUT2D eigenvalue weighted by atomic mass is 16.3. The van der Waals surface area contributed by atoms with Gasteiger partial charge in [-0.1, -0.05) is 0 Å². The highest BCUT2D eigenvalue weighted by Crippen LogP contribution is 2.07. The maximum Gasteiger partial charge on any atom is 0.0472 e. The lowest BCUT2D eigenvalue weighted by molar-refractivity contribution is 0.101. The van der Waals surface area contributed by atoms with E-state index in [0.717, 1.165) is 32.7 Å². The largest absolute Gasteiger partial charge is 0.396 e. The summed E-state index contributed by atoms with van der Waals surface area (Å²) in [6.07, 6.45) is 0.711. The first kappa shape index (κ1) is 11.9. The van der Waals surface area contributed by atoms with E-state index in [2.05, 4.69) is 16.8 Å². The van der Waals surface area contributed by atoms with E-state index in [4.69, 9.17) is 10.2 Å². The van der Waals surface area contributed by atoms with Gasteiger partial charge in [-0.05, 0) is 19.4 Å². The first-order chi connectivity index (χ1) is 6.76. The van der Waals surface area contributed by atoms with Crippen molar-refractivity contribution in [1.82, 2.24) is 9.80 Å². The van der Waals surface area contributed by atoms with Crippen LogP contribution in [0.3, 0.4) is 0 Å². The van der Waals surface area contributed by atoms with Crippen LogP contribution in [0.2, 0.25) is 0 Å². The normalized spacial score (nSPS) is 22.5. The molecule has 4 nitrogen and oxygen atoms in total. The number of aliphatic hydroxyl groups is 2. The lowest BCUT2D eigenvalue weighted by atomic mass is 10.1. The zero-order valence-corrected chi connectivity index (χ0v) is 9.02. The SMILES string of the molecule is CN1CCN(CC(CO)CCO)CC1. The van der Waals surface area contributed by atoms with Crippen molar-refractivity contribution < 1.29 is 10.2 Å². The average Bonchev–Trinajstić information content (AvgIpc) is 2.20. The van der Waals surface area contributed by atoms with Gasteiger partial charge in [0.15, 0.2) is 0 Å². The molecule has 0 saturated carbocycles. The van der Waals surface area contributed by atoms with Crippen LogP contribution in [0.25, 0.3) is 0 Å². The van der Waals surface area contributed by atoms with Gasteiger partial charge in [-0.2, -0.15) is 0 Å². The van der Waals surface area contributed by atoms with E-state index in [0.29, 0.717) is 6.42 Å². The van der Waals surface area contributed by atoms with E-state index >= 15 is 0 Å². The summed E-state index contributed by atoms with van der Waals surface area (Å²) in [5, 5.41) is 17.9. The molecule has 1 aliphatic rings. The molecule has 1 fully saturated rings. The molecule has 0 radical (unpaired) electrons. The predicted octanol–water partition coefficient (Wildman–Crippen LogP) is -0.775. The molecule has 1 unspecified atom stereocenters. The van der Waals surface area contributed by atoms with E-state index in [1.807, 2.05) is 0 Å². The van der Waals surface area contributed by atoms with Crippen molar-refractivity contribution >= 4 is 0 Å². The van der Waals surface area contributed by atoms with Gasteiger partial charge in [0.05, 0.1) is 0 Å². The van der Waals surface area contributed by atoms with Crippen LogP contribution in [0, 0.1) is 5.92 Å². The Balaban J connectivity index is 2.21. The zero-order chi connectivity index (χ0) is 10.4. The quantitative estimate of drug-likeness (QED) is 0.614. The van der Waals surface area contributed by atoms with Gasteiger partial charge in [0.2, 0.25) is 0 Å². The molecule has 0 amide bonds. The van der Waals surface area contributed by atoms with Gasteiger partial charge in [0, 0.05) is 45.9 Å². The lowest BCUT2D eigenvalue weighted by Crippen LogP contribution is -2.46. The molecule has 2 N–H and O–H groups in total. The molecule has 0 aromatic rings. The highest BCUT2D eigenvalue weighted by Gasteiger charge is 2.17. The zero-order valence-electron chi connectivity index (χ0n) is 9.02. The van der Waals surface area contributed by atoms with Crippen molar-refractivity contribution in [3.05, 3.63) is 0 Å². The Kier molecular flexibility index (Phi) is 5.40. The Bertz CT molecular complexity index is 147. The second-order valence-electron chi connectivity index (χ2n) is 4.16. The van der Waals surface area contributed by atoms with Crippen LogP contribution in [0.4, 0.5) is 0 Å². The summed E-state index contributed by atoms with van der Waals surface area (Å²) >= 11 is 0. The van der Waals surface area contributed by atoms with Crippen molar-refractivity contribution in [3.63, 3.8) is 0 Å². The second kappa shape index (κ2) is 6.35. The van der Waals surface area contributed by atoms with Crippen LogP contribution in [-0.4, -0.2) is 73.0 Å². The minimum atomic E-state index is 0.180. The molecule has 0 bridgehead atoms. The number of piperazine rings is 1. The molecule has 4 heteroatoms. The molecule has 0 aromatic heterocycles. The van der Waals surface area contributed by atoms with Crippen LogP contribution < -0.4 is 0 Å². The van der Waals surface area contributed by atoms with Crippen molar-refractivity contribution in [3.8, 4) is 0 Å². The Labute approximate surface area is 86.1 Å². The van der Waals surface area contributed by atoms with Crippen LogP contribution in [0.1, 0.15) is 6.42 Å². The molecule has 1 atom stereocenters. The van der Waals surface area contributed by atoms with Gasteiger partial charge < -0.3 is 20.0 Å². The maximum atomic E-state index is 9.09. The molecule has 1 rings (SSSR count). The number of nitrogens with zero attached hydrogens (tertiary/aromatic N) is 2. The summed E-state index contributed by atoms with van der Waals surface area (Å²) in [4.78, 5) is 4.69. The molecule has 84 valence electrons. The van der Waals surface area contributed by atoms with Crippen LogP contribution in [0.15, 0.2) is 0 Å². The monoisotopic (exact) mass is 202 g/mol. The van der Waals surface area contributed by atoms with E-state index < -0.39 is 0 Å². The Morgan fingerprint density at radius 3 is 2.29 bits per heavy atom. The summed E-state index contributed by atoms with van der Waals surface area (Å²) in [6, 6.07) is 0. The van der Waals surface area contributed by atoms with Gasteiger partial charge in [-0.15, -0.1) is 0 Å². The van der Waals surface area contributed by atoms with E-state index in [9.17, 15) is 0 Å². The van der Waals surface area contributed by atoms with Crippen molar-refractivity contribution in [2.75, 3.05) is 53.0 Å². The molecule has 1 aliphatic heterocycles.